The van der Waals surface area contributed by atoms with Crippen molar-refractivity contribution in [2.24, 2.45) is 0 Å². The molecule has 146 valence electrons. The van der Waals surface area contributed by atoms with Crippen molar-refractivity contribution < 1.29 is 18.3 Å². The summed E-state index contributed by atoms with van der Waals surface area (Å²) in [6, 6.07) is 19.5. The molecule has 0 spiro atoms. The number of nitrogens with zero attached hydrogens (tertiary/aromatic N) is 2. The summed E-state index contributed by atoms with van der Waals surface area (Å²) in [5.74, 6) is -0.0374. The predicted octanol–water partition coefficient (Wildman–Crippen LogP) is 4.63. The minimum absolute atomic E-state index is 0.103. The van der Waals surface area contributed by atoms with Crippen LogP contribution in [0.4, 0.5) is 8.78 Å². The van der Waals surface area contributed by atoms with E-state index in [4.69, 9.17) is 0 Å². The summed E-state index contributed by atoms with van der Waals surface area (Å²) in [6.07, 6.45) is 1.84. The van der Waals surface area contributed by atoms with Gasteiger partial charge in [0.05, 0.1) is 11.2 Å². The number of halogens is 2. The summed E-state index contributed by atoms with van der Waals surface area (Å²) in [7, 11) is 1.60. The lowest BCUT2D eigenvalue weighted by molar-refractivity contribution is -0.0498. The van der Waals surface area contributed by atoms with E-state index in [0.29, 0.717) is 11.3 Å². The number of hydrogen-bond acceptors (Lipinski definition) is 3. The molecular formula is C22H17F2N3O2. The van der Waals surface area contributed by atoms with Crippen LogP contribution in [-0.2, 0) is 0 Å². The molecule has 0 bridgehead atoms. The highest BCUT2D eigenvalue weighted by Crippen LogP contribution is 2.26. The van der Waals surface area contributed by atoms with Gasteiger partial charge >= 0.3 is 6.61 Å². The average molecular weight is 393 g/mol. The first-order chi connectivity index (χ1) is 14.0. The number of benzene rings is 2. The quantitative estimate of drug-likeness (QED) is 0.538. The van der Waals surface area contributed by atoms with Crippen LogP contribution in [0.25, 0.3) is 27.9 Å². The van der Waals surface area contributed by atoms with Crippen LogP contribution < -0.4 is 10.1 Å². The third-order valence-corrected chi connectivity index (χ3v) is 4.52. The molecule has 5 nitrogen and oxygen atoms in total. The van der Waals surface area contributed by atoms with E-state index in [1.165, 1.54) is 12.1 Å². The molecule has 0 unspecified atom stereocenters. The number of fused-ring (bicyclic) bond motifs is 1. The van der Waals surface area contributed by atoms with Gasteiger partial charge in [0.15, 0.2) is 0 Å². The average Bonchev–Trinajstić information content (AvgIpc) is 3.16. The second-order valence-electron chi connectivity index (χ2n) is 6.38. The number of nitrogens with one attached hydrogen (secondary N) is 1. The molecule has 0 atom stereocenters. The van der Waals surface area contributed by atoms with Gasteiger partial charge in [-0.1, -0.05) is 12.1 Å². The summed E-state index contributed by atoms with van der Waals surface area (Å²) >= 11 is 0. The van der Waals surface area contributed by atoms with Gasteiger partial charge in [-0.2, -0.15) is 13.9 Å². The molecule has 4 aromatic rings. The van der Waals surface area contributed by atoms with E-state index in [1.54, 1.807) is 29.8 Å². The first-order valence-corrected chi connectivity index (χ1v) is 8.91. The molecule has 0 fully saturated rings. The van der Waals surface area contributed by atoms with Crippen molar-refractivity contribution in [3.63, 3.8) is 0 Å². The van der Waals surface area contributed by atoms with Crippen molar-refractivity contribution in [3.8, 4) is 28.1 Å². The van der Waals surface area contributed by atoms with Crippen LogP contribution in [0.15, 0.2) is 72.9 Å². The number of hydrogen-bond donors (Lipinski definition) is 1. The summed E-state index contributed by atoms with van der Waals surface area (Å²) in [4.78, 5) is 11.9. The molecule has 1 N–H and O–H groups in total. The number of rotatable bonds is 5. The van der Waals surface area contributed by atoms with Crippen LogP contribution in [0.2, 0.25) is 0 Å². The van der Waals surface area contributed by atoms with Gasteiger partial charge in [0.25, 0.3) is 5.91 Å². The summed E-state index contributed by atoms with van der Waals surface area (Å²) in [5.41, 5.74) is 4.84. The Balaban J connectivity index is 1.65. The molecule has 0 aliphatic heterocycles. The van der Waals surface area contributed by atoms with Gasteiger partial charge in [0.1, 0.15) is 5.75 Å². The highest BCUT2D eigenvalue weighted by molar-refractivity contribution is 5.95. The minimum atomic E-state index is -2.85. The zero-order valence-corrected chi connectivity index (χ0v) is 15.5. The molecule has 4 rings (SSSR count). The molecular weight excluding hydrogens is 376 g/mol. The Hall–Kier alpha value is -3.74. The van der Waals surface area contributed by atoms with Crippen molar-refractivity contribution in [1.29, 1.82) is 0 Å². The van der Waals surface area contributed by atoms with Crippen molar-refractivity contribution in [1.82, 2.24) is 14.9 Å². The van der Waals surface area contributed by atoms with Gasteiger partial charge in [-0.05, 0) is 65.7 Å². The predicted molar refractivity (Wildman–Crippen MR) is 106 cm³/mol. The maximum absolute atomic E-state index is 12.3. The molecule has 1 amide bonds. The Bertz CT molecular complexity index is 1170. The second kappa shape index (κ2) is 7.71. The molecule has 2 heterocycles. The summed E-state index contributed by atoms with van der Waals surface area (Å²) in [6.45, 7) is -2.85. The summed E-state index contributed by atoms with van der Waals surface area (Å²) < 4.78 is 30.7. The van der Waals surface area contributed by atoms with E-state index in [-0.39, 0.29) is 11.7 Å². The minimum Gasteiger partial charge on any atom is -0.435 e. The topological polar surface area (TPSA) is 55.6 Å². The Morgan fingerprint density at radius 3 is 2.48 bits per heavy atom. The number of carbonyl (C=O) groups excluding carboxylic acids is 1. The van der Waals surface area contributed by atoms with Crippen LogP contribution in [0, 0.1) is 0 Å². The van der Waals surface area contributed by atoms with Crippen molar-refractivity contribution >= 4 is 11.4 Å². The Labute approximate surface area is 165 Å². The van der Waals surface area contributed by atoms with E-state index in [2.05, 4.69) is 15.2 Å². The molecule has 29 heavy (non-hydrogen) atoms. The fourth-order valence-corrected chi connectivity index (χ4v) is 3.11. The SMILES string of the molecule is CNC(=O)c1cccc(-c2ccn3nc(-c4ccc(OC(F)F)cc4)cc3c2)c1. The zero-order valence-electron chi connectivity index (χ0n) is 15.5. The summed E-state index contributed by atoms with van der Waals surface area (Å²) in [5, 5.41) is 7.15. The fourth-order valence-electron chi connectivity index (χ4n) is 3.11. The lowest BCUT2D eigenvalue weighted by atomic mass is 10.0. The van der Waals surface area contributed by atoms with Gasteiger partial charge in [-0.3, -0.25) is 4.79 Å². The highest BCUT2D eigenvalue weighted by atomic mass is 19.3. The molecule has 0 aliphatic rings. The zero-order chi connectivity index (χ0) is 20.4. The number of alkyl halides is 2. The number of amides is 1. The lowest BCUT2D eigenvalue weighted by Crippen LogP contribution is -2.17. The fraction of sp³-hybridized carbons (Fsp3) is 0.0909. The Kier molecular flexibility index (Phi) is 4.95. The standard InChI is InChI=1S/C22H17F2N3O2/c1-25-21(28)17-4-2-3-15(11-17)16-9-10-27-18(12-16)13-20(26-27)14-5-7-19(8-6-14)29-22(23)24/h2-13,22H,1H3,(H,25,28). The Morgan fingerprint density at radius 2 is 1.76 bits per heavy atom. The molecule has 0 radical (unpaired) electrons. The number of pyridine rings is 1. The lowest BCUT2D eigenvalue weighted by Gasteiger charge is -2.05. The van der Waals surface area contributed by atoms with Crippen molar-refractivity contribution in [2.75, 3.05) is 7.05 Å². The second-order valence-corrected chi connectivity index (χ2v) is 6.38. The first kappa shape index (κ1) is 18.6. The van der Waals surface area contributed by atoms with Crippen LogP contribution in [0.5, 0.6) is 5.75 Å². The van der Waals surface area contributed by atoms with E-state index < -0.39 is 6.61 Å². The van der Waals surface area contributed by atoms with E-state index in [0.717, 1.165) is 22.2 Å². The van der Waals surface area contributed by atoms with Crippen LogP contribution in [0.1, 0.15) is 10.4 Å². The molecule has 0 aliphatic carbocycles. The molecule has 2 aromatic heterocycles. The van der Waals surface area contributed by atoms with Crippen molar-refractivity contribution in [2.45, 2.75) is 6.61 Å². The first-order valence-electron chi connectivity index (χ1n) is 8.91. The normalized spacial score (nSPS) is 11.0. The van der Waals surface area contributed by atoms with E-state index >= 15 is 0 Å². The maximum Gasteiger partial charge on any atom is 0.387 e. The highest BCUT2D eigenvalue weighted by Gasteiger charge is 2.09. The third kappa shape index (κ3) is 3.94. The molecule has 2 aromatic carbocycles. The van der Waals surface area contributed by atoms with Crippen LogP contribution in [-0.4, -0.2) is 29.2 Å². The monoisotopic (exact) mass is 393 g/mol. The smallest absolute Gasteiger partial charge is 0.387 e. The van der Waals surface area contributed by atoms with Gasteiger partial charge in [-0.25, -0.2) is 4.52 Å². The van der Waals surface area contributed by atoms with Gasteiger partial charge in [0, 0.05) is 24.4 Å². The third-order valence-electron chi connectivity index (χ3n) is 4.52. The van der Waals surface area contributed by atoms with Crippen LogP contribution in [0.3, 0.4) is 0 Å². The van der Waals surface area contributed by atoms with E-state index in [1.807, 2.05) is 42.6 Å². The van der Waals surface area contributed by atoms with Crippen molar-refractivity contribution in [3.05, 3.63) is 78.5 Å². The maximum atomic E-state index is 12.3. The largest absolute Gasteiger partial charge is 0.435 e. The number of carbonyl (C=O) groups is 1. The van der Waals surface area contributed by atoms with Gasteiger partial charge in [0.2, 0.25) is 0 Å². The van der Waals surface area contributed by atoms with E-state index in [9.17, 15) is 13.6 Å². The van der Waals surface area contributed by atoms with Crippen LogP contribution >= 0.6 is 0 Å². The number of ether oxygens (including phenoxy) is 1. The number of aromatic nitrogens is 2. The Morgan fingerprint density at radius 1 is 1.00 bits per heavy atom. The molecule has 0 saturated carbocycles. The van der Waals surface area contributed by atoms with Gasteiger partial charge in [-0.15, -0.1) is 0 Å². The molecule has 7 heteroatoms. The van der Waals surface area contributed by atoms with Gasteiger partial charge < -0.3 is 10.1 Å². The molecule has 0 saturated heterocycles.